The lowest BCUT2D eigenvalue weighted by Crippen LogP contribution is -2.30. The summed E-state index contributed by atoms with van der Waals surface area (Å²) in [6, 6.07) is 1.94. The summed E-state index contributed by atoms with van der Waals surface area (Å²) in [6.45, 7) is 2.15. The van der Waals surface area contributed by atoms with E-state index >= 15 is 0 Å². The third-order valence-electron chi connectivity index (χ3n) is 2.69. The number of nitrogens with zero attached hydrogens (tertiary/aromatic N) is 2. The Hall–Kier alpha value is -1.45. The minimum absolute atomic E-state index is 0.438. The first-order chi connectivity index (χ1) is 6.79. The number of hydrogen-bond donors (Lipinski definition) is 2. The Labute approximate surface area is 83.9 Å². The average molecular weight is 192 g/mol. The highest BCUT2D eigenvalue weighted by Crippen LogP contribution is 2.28. The highest BCUT2D eigenvalue weighted by atomic mass is 15.1. The van der Waals surface area contributed by atoms with Gasteiger partial charge in [-0.05, 0) is 25.3 Å². The Balaban J connectivity index is 2.26. The van der Waals surface area contributed by atoms with Gasteiger partial charge in [0.1, 0.15) is 5.82 Å². The van der Waals surface area contributed by atoms with Gasteiger partial charge in [0.05, 0.1) is 11.4 Å². The molecular formula is C10H16N4. The third-order valence-corrected chi connectivity index (χ3v) is 2.69. The molecule has 4 N–H and O–H groups in total. The van der Waals surface area contributed by atoms with E-state index < -0.39 is 0 Å². The molecule has 0 unspecified atom stereocenters. The number of nitrogen functional groups attached to an aromatic ring is 2. The van der Waals surface area contributed by atoms with Gasteiger partial charge in [-0.3, -0.25) is 0 Å². The van der Waals surface area contributed by atoms with Gasteiger partial charge in [0.2, 0.25) is 0 Å². The van der Waals surface area contributed by atoms with E-state index in [0.717, 1.165) is 18.8 Å². The Morgan fingerprint density at radius 3 is 2.57 bits per heavy atom. The summed E-state index contributed by atoms with van der Waals surface area (Å²) in [5, 5.41) is 0. The molecule has 0 spiro atoms. The van der Waals surface area contributed by atoms with Crippen LogP contribution in [0.25, 0.3) is 0 Å². The summed E-state index contributed by atoms with van der Waals surface area (Å²) in [4.78, 5) is 6.25. The molecule has 0 aromatic carbocycles. The van der Waals surface area contributed by atoms with Crippen molar-refractivity contribution < 1.29 is 0 Å². The van der Waals surface area contributed by atoms with Gasteiger partial charge in [-0.25, -0.2) is 4.98 Å². The molecule has 1 aliphatic rings. The zero-order valence-electron chi connectivity index (χ0n) is 8.24. The predicted octanol–water partition coefficient (Wildman–Crippen LogP) is 1.24. The summed E-state index contributed by atoms with van der Waals surface area (Å²) >= 11 is 0. The SMILES string of the molecule is Nc1nccc(N2CCCCC2)c1N. The first-order valence-corrected chi connectivity index (χ1v) is 5.04. The van der Waals surface area contributed by atoms with Crippen LogP contribution in [-0.2, 0) is 0 Å². The topological polar surface area (TPSA) is 68.2 Å². The number of pyridine rings is 1. The van der Waals surface area contributed by atoms with Crippen LogP contribution in [0.3, 0.4) is 0 Å². The number of anilines is 3. The quantitative estimate of drug-likeness (QED) is 0.702. The predicted molar refractivity (Wildman–Crippen MR) is 59.1 cm³/mol. The molecule has 1 fully saturated rings. The molecule has 0 amide bonds. The maximum atomic E-state index is 5.88. The van der Waals surface area contributed by atoms with Crippen LogP contribution in [0, 0.1) is 0 Å². The molecule has 0 atom stereocenters. The van der Waals surface area contributed by atoms with Gasteiger partial charge < -0.3 is 16.4 Å². The molecule has 1 aromatic heterocycles. The van der Waals surface area contributed by atoms with Crippen molar-refractivity contribution in [2.75, 3.05) is 29.5 Å². The Bertz CT molecular complexity index is 318. The Morgan fingerprint density at radius 2 is 1.86 bits per heavy atom. The summed E-state index contributed by atoms with van der Waals surface area (Å²) in [7, 11) is 0. The number of hydrogen-bond acceptors (Lipinski definition) is 4. The Kier molecular flexibility index (Phi) is 2.43. The van der Waals surface area contributed by atoms with Crippen molar-refractivity contribution in [3.8, 4) is 0 Å². The van der Waals surface area contributed by atoms with Crippen LogP contribution in [0.2, 0.25) is 0 Å². The normalized spacial score (nSPS) is 17.0. The molecule has 0 saturated carbocycles. The largest absolute Gasteiger partial charge is 0.394 e. The molecule has 0 radical (unpaired) electrons. The first kappa shape index (κ1) is 9.12. The van der Waals surface area contributed by atoms with E-state index in [1.165, 1.54) is 19.3 Å². The van der Waals surface area contributed by atoms with Crippen LogP contribution in [-0.4, -0.2) is 18.1 Å². The van der Waals surface area contributed by atoms with E-state index in [4.69, 9.17) is 11.5 Å². The monoisotopic (exact) mass is 192 g/mol. The second-order valence-corrected chi connectivity index (χ2v) is 3.68. The summed E-state index contributed by atoms with van der Waals surface area (Å²) in [5.41, 5.74) is 13.2. The van der Waals surface area contributed by atoms with Crippen LogP contribution in [0.5, 0.6) is 0 Å². The average Bonchev–Trinajstić information content (AvgIpc) is 2.23. The van der Waals surface area contributed by atoms with E-state index in [9.17, 15) is 0 Å². The third kappa shape index (κ3) is 1.60. The Morgan fingerprint density at radius 1 is 1.14 bits per heavy atom. The van der Waals surface area contributed by atoms with Gasteiger partial charge in [0.25, 0.3) is 0 Å². The van der Waals surface area contributed by atoms with E-state index in [-0.39, 0.29) is 0 Å². The van der Waals surface area contributed by atoms with Gasteiger partial charge in [-0.2, -0.15) is 0 Å². The number of rotatable bonds is 1. The van der Waals surface area contributed by atoms with Gasteiger partial charge >= 0.3 is 0 Å². The molecule has 2 rings (SSSR count). The van der Waals surface area contributed by atoms with Crippen LogP contribution in [0.1, 0.15) is 19.3 Å². The fraction of sp³-hybridized carbons (Fsp3) is 0.500. The van der Waals surface area contributed by atoms with Crippen molar-refractivity contribution in [2.45, 2.75) is 19.3 Å². The molecular weight excluding hydrogens is 176 g/mol. The van der Waals surface area contributed by atoms with E-state index in [1.807, 2.05) is 6.07 Å². The van der Waals surface area contributed by atoms with Crippen molar-refractivity contribution in [2.24, 2.45) is 0 Å². The molecule has 1 aliphatic heterocycles. The van der Waals surface area contributed by atoms with Gasteiger partial charge in [0, 0.05) is 19.3 Å². The molecule has 1 aromatic rings. The molecule has 4 nitrogen and oxygen atoms in total. The first-order valence-electron chi connectivity index (χ1n) is 5.04. The lowest BCUT2D eigenvalue weighted by Gasteiger charge is -2.29. The number of aromatic nitrogens is 1. The smallest absolute Gasteiger partial charge is 0.148 e. The van der Waals surface area contributed by atoms with Crippen molar-refractivity contribution >= 4 is 17.2 Å². The van der Waals surface area contributed by atoms with Crippen molar-refractivity contribution in [3.05, 3.63) is 12.3 Å². The fourth-order valence-electron chi connectivity index (χ4n) is 1.89. The van der Waals surface area contributed by atoms with Crippen LogP contribution >= 0.6 is 0 Å². The molecule has 2 heterocycles. The summed E-state index contributed by atoms with van der Waals surface area (Å²) < 4.78 is 0. The van der Waals surface area contributed by atoms with Gasteiger partial charge in [0.15, 0.2) is 0 Å². The maximum absolute atomic E-state index is 5.88. The lowest BCUT2D eigenvalue weighted by atomic mass is 10.1. The zero-order valence-corrected chi connectivity index (χ0v) is 8.24. The highest BCUT2D eigenvalue weighted by molar-refractivity contribution is 5.76. The standard InChI is InChI=1S/C10H16N4/c11-9-8(4-5-13-10(9)12)14-6-2-1-3-7-14/h4-5H,1-3,6-7,11H2,(H2,12,13). The fourth-order valence-corrected chi connectivity index (χ4v) is 1.89. The van der Waals surface area contributed by atoms with E-state index in [0.29, 0.717) is 11.5 Å². The molecule has 0 aliphatic carbocycles. The lowest BCUT2D eigenvalue weighted by molar-refractivity contribution is 0.578. The minimum Gasteiger partial charge on any atom is -0.394 e. The van der Waals surface area contributed by atoms with Crippen molar-refractivity contribution in [3.63, 3.8) is 0 Å². The minimum atomic E-state index is 0.438. The maximum Gasteiger partial charge on any atom is 0.148 e. The van der Waals surface area contributed by atoms with Gasteiger partial charge in [-0.1, -0.05) is 0 Å². The van der Waals surface area contributed by atoms with E-state index in [2.05, 4.69) is 9.88 Å². The van der Waals surface area contributed by atoms with Gasteiger partial charge in [-0.15, -0.1) is 0 Å². The molecule has 4 heteroatoms. The van der Waals surface area contributed by atoms with Crippen molar-refractivity contribution in [1.29, 1.82) is 0 Å². The molecule has 76 valence electrons. The molecule has 14 heavy (non-hydrogen) atoms. The molecule has 0 bridgehead atoms. The van der Waals surface area contributed by atoms with E-state index in [1.54, 1.807) is 6.20 Å². The second-order valence-electron chi connectivity index (χ2n) is 3.68. The molecule has 1 saturated heterocycles. The summed E-state index contributed by atoms with van der Waals surface area (Å²) in [6.07, 6.45) is 5.51. The summed E-state index contributed by atoms with van der Waals surface area (Å²) in [5.74, 6) is 0.438. The number of piperidine rings is 1. The van der Waals surface area contributed by atoms with Crippen LogP contribution < -0.4 is 16.4 Å². The zero-order chi connectivity index (χ0) is 9.97. The van der Waals surface area contributed by atoms with Crippen molar-refractivity contribution in [1.82, 2.24) is 4.98 Å². The van der Waals surface area contributed by atoms with Crippen LogP contribution in [0.4, 0.5) is 17.2 Å². The second kappa shape index (κ2) is 3.74. The number of nitrogens with two attached hydrogens (primary N) is 2. The van der Waals surface area contributed by atoms with Crippen LogP contribution in [0.15, 0.2) is 12.3 Å². The highest BCUT2D eigenvalue weighted by Gasteiger charge is 2.14.